The molecule has 1 aromatic carbocycles. The highest BCUT2D eigenvalue weighted by Crippen LogP contribution is 2.22. The maximum absolute atomic E-state index is 5.64. The number of nitrogens with two attached hydrogens (primary N) is 1. The molecule has 0 spiro atoms. The van der Waals surface area contributed by atoms with E-state index in [1.165, 1.54) is 11.3 Å². The SMILES string of the molecule is CC(C)c1ccc(-n2nc(CCN)cc2C(C)C)cc1. The summed E-state index contributed by atoms with van der Waals surface area (Å²) in [5, 5.41) is 4.70. The molecule has 2 aromatic rings. The summed E-state index contributed by atoms with van der Waals surface area (Å²) in [6.07, 6.45) is 0.830. The minimum Gasteiger partial charge on any atom is -0.330 e. The second-order valence-corrected chi connectivity index (χ2v) is 5.91. The average Bonchev–Trinajstić information content (AvgIpc) is 2.83. The van der Waals surface area contributed by atoms with E-state index in [1.54, 1.807) is 0 Å². The molecule has 3 heteroatoms. The van der Waals surface area contributed by atoms with Gasteiger partial charge in [0, 0.05) is 12.1 Å². The van der Waals surface area contributed by atoms with Gasteiger partial charge in [-0.3, -0.25) is 0 Å². The Balaban J connectivity index is 2.39. The highest BCUT2D eigenvalue weighted by molar-refractivity contribution is 5.37. The molecule has 2 rings (SSSR count). The van der Waals surface area contributed by atoms with Gasteiger partial charge in [-0.2, -0.15) is 5.10 Å². The van der Waals surface area contributed by atoms with Crippen molar-refractivity contribution in [2.45, 2.75) is 46.0 Å². The first kappa shape index (κ1) is 14.8. The van der Waals surface area contributed by atoms with Crippen molar-refractivity contribution in [3.63, 3.8) is 0 Å². The van der Waals surface area contributed by atoms with Gasteiger partial charge >= 0.3 is 0 Å². The van der Waals surface area contributed by atoms with E-state index in [-0.39, 0.29) is 0 Å². The summed E-state index contributed by atoms with van der Waals surface area (Å²) in [4.78, 5) is 0. The molecule has 0 atom stereocenters. The van der Waals surface area contributed by atoms with E-state index >= 15 is 0 Å². The second-order valence-electron chi connectivity index (χ2n) is 5.91. The zero-order valence-corrected chi connectivity index (χ0v) is 12.9. The van der Waals surface area contributed by atoms with Crippen LogP contribution in [-0.4, -0.2) is 16.3 Å². The topological polar surface area (TPSA) is 43.8 Å². The summed E-state index contributed by atoms with van der Waals surface area (Å²) < 4.78 is 2.06. The predicted octanol–water partition coefficient (Wildman–Crippen LogP) is 3.62. The van der Waals surface area contributed by atoms with Crippen LogP contribution >= 0.6 is 0 Å². The van der Waals surface area contributed by atoms with Crippen LogP contribution in [0.1, 0.15) is 56.5 Å². The molecule has 108 valence electrons. The summed E-state index contributed by atoms with van der Waals surface area (Å²) in [5.74, 6) is 0.998. The summed E-state index contributed by atoms with van der Waals surface area (Å²) in [5.41, 5.74) is 10.4. The lowest BCUT2D eigenvalue weighted by Gasteiger charge is -2.11. The maximum atomic E-state index is 5.64. The van der Waals surface area contributed by atoms with Crippen molar-refractivity contribution < 1.29 is 0 Å². The maximum Gasteiger partial charge on any atom is 0.0649 e. The first-order valence-electron chi connectivity index (χ1n) is 7.42. The summed E-state index contributed by atoms with van der Waals surface area (Å²) in [6.45, 7) is 9.45. The Morgan fingerprint density at radius 1 is 1.05 bits per heavy atom. The quantitative estimate of drug-likeness (QED) is 0.902. The minimum absolute atomic E-state index is 0.443. The molecule has 0 aliphatic rings. The van der Waals surface area contributed by atoms with Crippen molar-refractivity contribution in [3.05, 3.63) is 47.3 Å². The molecule has 0 fully saturated rings. The fourth-order valence-electron chi connectivity index (χ4n) is 2.34. The van der Waals surface area contributed by atoms with E-state index in [9.17, 15) is 0 Å². The lowest BCUT2D eigenvalue weighted by atomic mass is 10.0. The monoisotopic (exact) mass is 271 g/mol. The standard InChI is InChI=1S/C17H25N3/c1-12(2)14-5-7-16(8-6-14)20-17(13(3)4)11-15(19-20)9-10-18/h5-8,11-13H,9-10,18H2,1-4H3. The molecule has 0 saturated carbocycles. The number of hydrogen-bond donors (Lipinski definition) is 1. The summed E-state index contributed by atoms with van der Waals surface area (Å²) in [7, 11) is 0. The third-order valence-electron chi connectivity index (χ3n) is 3.58. The predicted molar refractivity (Wildman–Crippen MR) is 84.5 cm³/mol. The lowest BCUT2D eigenvalue weighted by Crippen LogP contribution is -2.05. The van der Waals surface area contributed by atoms with Crippen LogP contribution in [0.4, 0.5) is 0 Å². The molecule has 1 heterocycles. The van der Waals surface area contributed by atoms with Gasteiger partial charge in [-0.15, -0.1) is 0 Å². The number of aromatic nitrogens is 2. The molecule has 2 N–H and O–H groups in total. The number of rotatable bonds is 5. The normalized spacial score (nSPS) is 11.6. The fourth-order valence-corrected chi connectivity index (χ4v) is 2.34. The molecule has 0 unspecified atom stereocenters. The third kappa shape index (κ3) is 3.10. The third-order valence-corrected chi connectivity index (χ3v) is 3.58. The van der Waals surface area contributed by atoms with E-state index < -0.39 is 0 Å². The molecular weight excluding hydrogens is 246 g/mol. The Labute approximate surface area is 121 Å². The van der Waals surface area contributed by atoms with Gasteiger partial charge in [0.05, 0.1) is 11.4 Å². The number of hydrogen-bond acceptors (Lipinski definition) is 2. The zero-order chi connectivity index (χ0) is 14.7. The molecular formula is C17H25N3. The smallest absolute Gasteiger partial charge is 0.0649 e. The Hall–Kier alpha value is -1.61. The zero-order valence-electron chi connectivity index (χ0n) is 12.9. The van der Waals surface area contributed by atoms with Crippen LogP contribution in [0, 0.1) is 0 Å². The van der Waals surface area contributed by atoms with Crippen molar-refractivity contribution in [1.29, 1.82) is 0 Å². The van der Waals surface area contributed by atoms with Gasteiger partial charge in [0.2, 0.25) is 0 Å². The van der Waals surface area contributed by atoms with Crippen molar-refractivity contribution in [3.8, 4) is 5.69 Å². The number of nitrogens with zero attached hydrogens (tertiary/aromatic N) is 2. The largest absolute Gasteiger partial charge is 0.330 e. The molecule has 3 nitrogen and oxygen atoms in total. The van der Waals surface area contributed by atoms with Gasteiger partial charge in [0.15, 0.2) is 0 Å². The second kappa shape index (κ2) is 6.23. The van der Waals surface area contributed by atoms with Crippen LogP contribution in [0.15, 0.2) is 30.3 Å². The van der Waals surface area contributed by atoms with E-state index in [2.05, 4.69) is 62.7 Å². The van der Waals surface area contributed by atoms with Gasteiger partial charge in [0.25, 0.3) is 0 Å². The minimum atomic E-state index is 0.443. The van der Waals surface area contributed by atoms with Crippen LogP contribution in [0.3, 0.4) is 0 Å². The Morgan fingerprint density at radius 2 is 1.70 bits per heavy atom. The Bertz CT molecular complexity index is 550. The molecule has 0 saturated heterocycles. The van der Waals surface area contributed by atoms with Crippen LogP contribution in [0.25, 0.3) is 5.69 Å². The highest BCUT2D eigenvalue weighted by Gasteiger charge is 2.12. The van der Waals surface area contributed by atoms with Crippen molar-refractivity contribution in [2.24, 2.45) is 5.73 Å². The van der Waals surface area contributed by atoms with Crippen LogP contribution in [0.2, 0.25) is 0 Å². The van der Waals surface area contributed by atoms with Crippen molar-refractivity contribution >= 4 is 0 Å². The van der Waals surface area contributed by atoms with Crippen LogP contribution in [0.5, 0.6) is 0 Å². The highest BCUT2D eigenvalue weighted by atomic mass is 15.3. The van der Waals surface area contributed by atoms with Crippen LogP contribution in [-0.2, 0) is 6.42 Å². The summed E-state index contributed by atoms with van der Waals surface area (Å²) >= 11 is 0. The van der Waals surface area contributed by atoms with E-state index in [0.29, 0.717) is 18.4 Å². The van der Waals surface area contributed by atoms with Gasteiger partial charge < -0.3 is 5.73 Å². The summed E-state index contributed by atoms with van der Waals surface area (Å²) in [6, 6.07) is 10.9. The molecule has 0 bridgehead atoms. The first-order chi connectivity index (χ1) is 9.52. The Kier molecular flexibility index (Phi) is 4.61. The fraction of sp³-hybridized carbons (Fsp3) is 0.471. The van der Waals surface area contributed by atoms with E-state index in [1.807, 2.05) is 0 Å². The van der Waals surface area contributed by atoms with Gasteiger partial charge in [-0.25, -0.2) is 4.68 Å². The van der Waals surface area contributed by atoms with Crippen LogP contribution < -0.4 is 5.73 Å². The van der Waals surface area contributed by atoms with Gasteiger partial charge in [-0.05, 0) is 42.1 Å². The average molecular weight is 271 g/mol. The van der Waals surface area contributed by atoms with Gasteiger partial charge in [-0.1, -0.05) is 39.8 Å². The lowest BCUT2D eigenvalue weighted by molar-refractivity contribution is 0.725. The molecule has 0 aliphatic carbocycles. The van der Waals surface area contributed by atoms with Gasteiger partial charge in [0.1, 0.15) is 0 Å². The first-order valence-corrected chi connectivity index (χ1v) is 7.42. The van der Waals surface area contributed by atoms with Crippen molar-refractivity contribution in [2.75, 3.05) is 6.54 Å². The molecule has 0 aliphatic heterocycles. The molecule has 1 aromatic heterocycles. The van der Waals surface area contributed by atoms with E-state index in [4.69, 9.17) is 10.8 Å². The number of benzene rings is 1. The molecule has 0 radical (unpaired) electrons. The Morgan fingerprint density at radius 3 is 2.20 bits per heavy atom. The van der Waals surface area contributed by atoms with Crippen molar-refractivity contribution in [1.82, 2.24) is 9.78 Å². The van der Waals surface area contributed by atoms with E-state index in [0.717, 1.165) is 17.8 Å². The molecule has 0 amide bonds. The molecule has 20 heavy (non-hydrogen) atoms.